The lowest BCUT2D eigenvalue weighted by Gasteiger charge is -2.19. The smallest absolute Gasteiger partial charge is 0.325 e. The van der Waals surface area contributed by atoms with Gasteiger partial charge in [-0.25, -0.2) is 4.79 Å². The monoisotopic (exact) mass is 401 g/mol. The van der Waals surface area contributed by atoms with Gasteiger partial charge in [0.05, 0.1) is 26.5 Å². The van der Waals surface area contributed by atoms with Crippen LogP contribution in [0.1, 0.15) is 11.4 Å². The van der Waals surface area contributed by atoms with Gasteiger partial charge >= 0.3 is 6.03 Å². The number of amides is 3. The summed E-state index contributed by atoms with van der Waals surface area (Å²) in [5, 5.41) is 7.22. The van der Waals surface area contributed by atoms with E-state index in [0.29, 0.717) is 43.4 Å². The molecule has 0 atom stereocenters. The van der Waals surface area contributed by atoms with Crippen LogP contribution in [0.5, 0.6) is 11.5 Å². The molecule has 0 radical (unpaired) electrons. The van der Waals surface area contributed by atoms with E-state index in [1.165, 1.54) is 4.90 Å². The van der Waals surface area contributed by atoms with Gasteiger partial charge in [0, 0.05) is 37.1 Å². The van der Waals surface area contributed by atoms with E-state index in [4.69, 9.17) is 9.47 Å². The zero-order valence-electron chi connectivity index (χ0n) is 17.3. The van der Waals surface area contributed by atoms with Crippen molar-refractivity contribution >= 4 is 17.6 Å². The lowest BCUT2D eigenvalue weighted by atomic mass is 10.2. The zero-order valence-corrected chi connectivity index (χ0v) is 17.3. The van der Waals surface area contributed by atoms with E-state index in [1.54, 1.807) is 37.3 Å². The number of hydrogen-bond donors (Lipinski definition) is 1. The van der Waals surface area contributed by atoms with Gasteiger partial charge in [0.15, 0.2) is 11.5 Å². The number of aromatic nitrogens is 2. The number of benzene rings is 1. The molecule has 2 aromatic rings. The van der Waals surface area contributed by atoms with Crippen molar-refractivity contribution in [1.82, 2.24) is 20.0 Å². The topological polar surface area (TPSA) is 88.9 Å². The van der Waals surface area contributed by atoms with Crippen molar-refractivity contribution in [3.05, 3.63) is 35.7 Å². The first kappa shape index (κ1) is 20.5. The molecule has 1 aromatic heterocycles. The Morgan fingerprint density at radius 1 is 1.14 bits per heavy atom. The Balaban J connectivity index is 1.53. The number of anilines is 1. The van der Waals surface area contributed by atoms with E-state index in [9.17, 15) is 9.59 Å². The van der Waals surface area contributed by atoms with Gasteiger partial charge in [-0.3, -0.25) is 14.4 Å². The number of aryl methyl sites for hydroxylation is 2. The fraction of sp³-hybridized carbons (Fsp3) is 0.450. The molecule has 1 fully saturated rings. The molecule has 156 valence electrons. The van der Waals surface area contributed by atoms with Crippen LogP contribution in [0.4, 0.5) is 10.5 Å². The number of nitrogens with one attached hydrogen (secondary N) is 1. The molecule has 1 aromatic carbocycles. The minimum absolute atomic E-state index is 0.0275. The number of nitrogens with zero attached hydrogens (tertiary/aromatic N) is 4. The third kappa shape index (κ3) is 4.61. The number of rotatable bonds is 8. The Morgan fingerprint density at radius 2 is 1.90 bits per heavy atom. The first-order valence-electron chi connectivity index (χ1n) is 9.49. The minimum Gasteiger partial charge on any atom is -0.493 e. The number of hydrogen-bond acceptors (Lipinski definition) is 5. The lowest BCUT2D eigenvalue weighted by molar-refractivity contribution is -0.121. The molecule has 0 aliphatic carbocycles. The molecular weight excluding hydrogens is 374 g/mol. The number of ether oxygens (including phenoxy) is 2. The molecule has 1 aliphatic heterocycles. The second kappa shape index (κ2) is 8.85. The highest BCUT2D eigenvalue weighted by Gasteiger charge is 2.31. The summed E-state index contributed by atoms with van der Waals surface area (Å²) in [5.74, 6) is 0.967. The highest BCUT2D eigenvalue weighted by Crippen LogP contribution is 2.32. The summed E-state index contributed by atoms with van der Waals surface area (Å²) in [6.07, 6.45) is 0. The summed E-state index contributed by atoms with van der Waals surface area (Å²) in [5.41, 5.74) is 2.71. The first-order valence-corrected chi connectivity index (χ1v) is 9.49. The predicted molar refractivity (Wildman–Crippen MR) is 109 cm³/mol. The fourth-order valence-electron chi connectivity index (χ4n) is 3.39. The lowest BCUT2D eigenvalue weighted by Crippen LogP contribution is -2.40. The fourth-order valence-corrected chi connectivity index (χ4v) is 3.39. The largest absolute Gasteiger partial charge is 0.493 e. The molecule has 1 N–H and O–H groups in total. The number of urea groups is 1. The summed E-state index contributed by atoms with van der Waals surface area (Å²) in [7, 11) is 3.11. The molecule has 0 saturated carbocycles. The second-order valence-electron chi connectivity index (χ2n) is 6.90. The van der Waals surface area contributed by atoms with Crippen LogP contribution < -0.4 is 19.7 Å². The highest BCUT2D eigenvalue weighted by molar-refractivity contribution is 5.96. The van der Waals surface area contributed by atoms with Crippen LogP contribution in [0.2, 0.25) is 0 Å². The highest BCUT2D eigenvalue weighted by atomic mass is 16.5. The van der Waals surface area contributed by atoms with E-state index in [0.717, 1.165) is 11.4 Å². The van der Waals surface area contributed by atoms with Crippen molar-refractivity contribution in [1.29, 1.82) is 0 Å². The minimum atomic E-state index is -0.203. The normalized spacial score (nSPS) is 13.7. The van der Waals surface area contributed by atoms with Crippen molar-refractivity contribution < 1.29 is 19.1 Å². The Labute approximate surface area is 170 Å². The molecule has 1 saturated heterocycles. The van der Waals surface area contributed by atoms with Crippen LogP contribution in [0.25, 0.3) is 0 Å². The molecule has 2 heterocycles. The van der Waals surface area contributed by atoms with Gasteiger partial charge < -0.3 is 19.7 Å². The third-order valence-corrected chi connectivity index (χ3v) is 4.86. The zero-order chi connectivity index (χ0) is 21.0. The van der Waals surface area contributed by atoms with Gasteiger partial charge in [-0.2, -0.15) is 5.10 Å². The molecule has 0 bridgehead atoms. The first-order chi connectivity index (χ1) is 13.9. The average molecular weight is 401 g/mol. The molecule has 1 aliphatic rings. The van der Waals surface area contributed by atoms with Crippen LogP contribution in [-0.4, -0.2) is 67.0 Å². The van der Waals surface area contributed by atoms with Crippen molar-refractivity contribution in [3.8, 4) is 11.5 Å². The van der Waals surface area contributed by atoms with Crippen molar-refractivity contribution in [2.45, 2.75) is 20.4 Å². The quantitative estimate of drug-likeness (QED) is 0.725. The van der Waals surface area contributed by atoms with Gasteiger partial charge in [-0.05, 0) is 32.0 Å². The second-order valence-corrected chi connectivity index (χ2v) is 6.90. The van der Waals surface area contributed by atoms with Crippen LogP contribution >= 0.6 is 0 Å². The van der Waals surface area contributed by atoms with E-state index in [1.807, 2.05) is 24.6 Å². The predicted octanol–water partition coefficient (Wildman–Crippen LogP) is 1.58. The van der Waals surface area contributed by atoms with Crippen molar-refractivity contribution in [3.63, 3.8) is 0 Å². The van der Waals surface area contributed by atoms with Gasteiger partial charge in [0.2, 0.25) is 5.91 Å². The molecule has 0 spiro atoms. The van der Waals surface area contributed by atoms with Gasteiger partial charge in [-0.15, -0.1) is 0 Å². The van der Waals surface area contributed by atoms with Crippen LogP contribution in [-0.2, 0) is 11.3 Å². The number of carbonyl (C=O) groups is 2. The molecule has 9 nitrogen and oxygen atoms in total. The Kier molecular flexibility index (Phi) is 6.26. The summed E-state index contributed by atoms with van der Waals surface area (Å²) < 4.78 is 12.4. The number of carbonyl (C=O) groups excluding carboxylic acids is 2. The third-order valence-electron chi connectivity index (χ3n) is 4.86. The van der Waals surface area contributed by atoms with Crippen LogP contribution in [0.3, 0.4) is 0 Å². The van der Waals surface area contributed by atoms with E-state index < -0.39 is 0 Å². The summed E-state index contributed by atoms with van der Waals surface area (Å²) >= 11 is 0. The Bertz CT molecular complexity index is 895. The molecule has 29 heavy (non-hydrogen) atoms. The van der Waals surface area contributed by atoms with Crippen molar-refractivity contribution in [2.75, 3.05) is 45.3 Å². The van der Waals surface area contributed by atoms with Crippen LogP contribution in [0, 0.1) is 13.8 Å². The van der Waals surface area contributed by atoms with Gasteiger partial charge in [0.25, 0.3) is 0 Å². The maximum absolute atomic E-state index is 12.7. The number of methoxy groups -OCH3 is 2. The molecular formula is C20H27N5O4. The van der Waals surface area contributed by atoms with Gasteiger partial charge in [-0.1, -0.05) is 0 Å². The summed E-state index contributed by atoms with van der Waals surface area (Å²) in [6, 6.07) is 7.11. The molecule has 9 heteroatoms. The molecule has 3 rings (SSSR count). The Hall–Kier alpha value is -3.23. The van der Waals surface area contributed by atoms with Crippen LogP contribution in [0.15, 0.2) is 24.3 Å². The van der Waals surface area contributed by atoms with Crippen molar-refractivity contribution in [2.24, 2.45) is 0 Å². The maximum atomic E-state index is 12.7. The SMILES string of the molecule is COc1ccc(N2CCN(CC(=O)NCCn3nc(C)cc3C)C2=O)cc1OC. The van der Waals surface area contributed by atoms with Gasteiger partial charge in [0.1, 0.15) is 6.54 Å². The van der Waals surface area contributed by atoms with E-state index in [2.05, 4.69) is 10.4 Å². The van der Waals surface area contributed by atoms with E-state index in [-0.39, 0.29) is 18.5 Å². The maximum Gasteiger partial charge on any atom is 0.325 e. The molecule has 3 amide bonds. The summed E-state index contributed by atoms with van der Waals surface area (Å²) in [4.78, 5) is 28.2. The average Bonchev–Trinajstić information content (AvgIpc) is 3.22. The molecule has 0 unspecified atom stereocenters. The Morgan fingerprint density at radius 3 is 2.55 bits per heavy atom. The summed E-state index contributed by atoms with van der Waals surface area (Å²) in [6.45, 7) is 5.99. The standard InChI is InChI=1S/C20H27N5O4/c1-14-11-15(2)25(22-14)8-7-21-19(26)13-23-9-10-24(20(23)27)16-5-6-17(28-3)18(12-16)29-4/h5-6,11-12H,7-10,13H2,1-4H3,(H,21,26). The van der Waals surface area contributed by atoms with E-state index >= 15 is 0 Å².